The fourth-order valence-corrected chi connectivity index (χ4v) is 3.99. The van der Waals surface area contributed by atoms with Crippen molar-refractivity contribution in [2.75, 3.05) is 0 Å². The van der Waals surface area contributed by atoms with Gasteiger partial charge in [0, 0.05) is 18.1 Å². The first kappa shape index (κ1) is 22.6. The molecule has 2 heterocycles. The van der Waals surface area contributed by atoms with Gasteiger partial charge in [0.05, 0.1) is 22.1 Å². The average molecular weight is 492 g/mol. The Balaban J connectivity index is 1.94. The quantitative estimate of drug-likeness (QED) is 0.363. The highest BCUT2D eigenvalue weighted by atomic mass is 35.5. The van der Waals surface area contributed by atoms with Gasteiger partial charge in [-0.1, -0.05) is 54.7 Å². The lowest BCUT2D eigenvalue weighted by Crippen LogP contribution is -2.40. The fraction of sp³-hybridized carbons (Fsp3) is 0.261. The van der Waals surface area contributed by atoms with E-state index in [4.69, 9.17) is 34.8 Å². The van der Waals surface area contributed by atoms with E-state index in [2.05, 4.69) is 18.8 Å². The van der Waals surface area contributed by atoms with Crippen molar-refractivity contribution in [2.24, 2.45) is 5.92 Å². The van der Waals surface area contributed by atoms with Crippen LogP contribution in [0.4, 0.5) is 0 Å². The highest BCUT2D eigenvalue weighted by Gasteiger charge is 2.19. The van der Waals surface area contributed by atoms with E-state index in [0.717, 1.165) is 5.56 Å². The Morgan fingerprint density at radius 1 is 0.969 bits per heavy atom. The van der Waals surface area contributed by atoms with Crippen molar-refractivity contribution in [2.45, 2.75) is 33.4 Å². The van der Waals surface area contributed by atoms with Crippen LogP contribution in [0.1, 0.15) is 25.8 Å². The highest BCUT2D eigenvalue weighted by Crippen LogP contribution is 2.24. The molecule has 0 spiro atoms. The molecule has 0 aliphatic heterocycles. The third-order valence-corrected chi connectivity index (χ3v) is 6.24. The third kappa shape index (κ3) is 4.35. The molecular weight excluding hydrogens is 471 g/mol. The van der Waals surface area contributed by atoms with Crippen LogP contribution in [0.3, 0.4) is 0 Å². The molecule has 0 unspecified atom stereocenters. The van der Waals surface area contributed by atoms with E-state index >= 15 is 0 Å². The molecule has 6 nitrogen and oxygen atoms in total. The molecule has 0 saturated carbocycles. The zero-order valence-corrected chi connectivity index (χ0v) is 19.8. The minimum Gasteiger partial charge on any atom is -0.320 e. The lowest BCUT2D eigenvalue weighted by Gasteiger charge is -2.14. The van der Waals surface area contributed by atoms with Gasteiger partial charge in [0.25, 0.3) is 5.56 Å². The number of halogens is 3. The Morgan fingerprint density at radius 2 is 1.69 bits per heavy atom. The summed E-state index contributed by atoms with van der Waals surface area (Å²) in [6, 6.07) is 12.2. The molecule has 4 aromatic rings. The third-order valence-electron chi connectivity index (χ3n) is 5.25. The summed E-state index contributed by atoms with van der Waals surface area (Å²) in [6.07, 6.45) is 2.26. The molecule has 166 valence electrons. The first-order chi connectivity index (χ1) is 15.3. The second-order valence-electron chi connectivity index (χ2n) is 8.03. The molecule has 2 aromatic carbocycles. The van der Waals surface area contributed by atoms with Gasteiger partial charge < -0.3 is 4.57 Å². The SMILES string of the molecule is CC(C)CCn1c(=O)c2c(ncn2Cc2ccc(Cl)c(Cl)c2)n(-c2ccc(Cl)cc2)c1=O. The van der Waals surface area contributed by atoms with E-state index < -0.39 is 5.69 Å². The highest BCUT2D eigenvalue weighted by molar-refractivity contribution is 6.42. The summed E-state index contributed by atoms with van der Waals surface area (Å²) in [7, 11) is 0. The molecule has 0 amide bonds. The molecule has 0 aliphatic carbocycles. The monoisotopic (exact) mass is 490 g/mol. The molecule has 0 atom stereocenters. The summed E-state index contributed by atoms with van der Waals surface area (Å²) in [5.41, 5.74) is 1.29. The second-order valence-corrected chi connectivity index (χ2v) is 9.28. The first-order valence-electron chi connectivity index (χ1n) is 10.2. The van der Waals surface area contributed by atoms with Crippen LogP contribution in [-0.2, 0) is 13.1 Å². The van der Waals surface area contributed by atoms with Crippen LogP contribution in [0.25, 0.3) is 16.9 Å². The number of aromatic nitrogens is 4. The van der Waals surface area contributed by atoms with Crippen molar-refractivity contribution in [3.63, 3.8) is 0 Å². The zero-order valence-electron chi connectivity index (χ0n) is 17.6. The van der Waals surface area contributed by atoms with E-state index in [1.54, 1.807) is 47.3 Å². The summed E-state index contributed by atoms with van der Waals surface area (Å²) in [5, 5.41) is 1.44. The standard InChI is InChI=1S/C23H21Cl3N4O2/c1-14(2)9-10-29-22(31)20-21(30(23(29)32)17-6-4-16(24)5-7-17)27-13-28(20)12-15-3-8-18(25)19(26)11-15/h3-8,11,13-14H,9-10,12H2,1-2H3. The van der Waals surface area contributed by atoms with E-state index in [1.165, 1.54) is 9.13 Å². The topological polar surface area (TPSA) is 61.8 Å². The summed E-state index contributed by atoms with van der Waals surface area (Å²) in [5.74, 6) is 0.335. The number of nitrogens with zero attached hydrogens (tertiary/aromatic N) is 4. The number of hydrogen-bond acceptors (Lipinski definition) is 3. The van der Waals surface area contributed by atoms with Gasteiger partial charge in [0.1, 0.15) is 0 Å². The molecule has 0 bridgehead atoms. The van der Waals surface area contributed by atoms with Gasteiger partial charge in [-0.3, -0.25) is 9.36 Å². The first-order valence-corrected chi connectivity index (χ1v) is 11.3. The average Bonchev–Trinajstić information content (AvgIpc) is 3.15. The fourth-order valence-electron chi connectivity index (χ4n) is 3.54. The predicted octanol–water partition coefficient (Wildman–Crippen LogP) is 5.40. The number of benzene rings is 2. The van der Waals surface area contributed by atoms with Gasteiger partial charge in [0.2, 0.25) is 0 Å². The summed E-state index contributed by atoms with van der Waals surface area (Å²) in [6.45, 7) is 4.77. The number of fused-ring (bicyclic) bond motifs is 1. The maximum Gasteiger partial charge on any atom is 0.337 e. The largest absolute Gasteiger partial charge is 0.337 e. The molecule has 0 radical (unpaired) electrons. The Bertz CT molecular complexity index is 1400. The normalized spacial score (nSPS) is 11.6. The van der Waals surface area contributed by atoms with Gasteiger partial charge in [-0.15, -0.1) is 0 Å². The van der Waals surface area contributed by atoms with Crippen molar-refractivity contribution in [3.05, 3.63) is 90.3 Å². The van der Waals surface area contributed by atoms with Crippen LogP contribution in [0, 0.1) is 5.92 Å². The van der Waals surface area contributed by atoms with Crippen molar-refractivity contribution in [1.82, 2.24) is 18.7 Å². The van der Waals surface area contributed by atoms with Gasteiger partial charge >= 0.3 is 5.69 Å². The maximum absolute atomic E-state index is 13.4. The minimum absolute atomic E-state index is 0.295. The van der Waals surface area contributed by atoms with Crippen LogP contribution in [0.2, 0.25) is 15.1 Å². The van der Waals surface area contributed by atoms with E-state index in [9.17, 15) is 9.59 Å². The maximum atomic E-state index is 13.4. The number of hydrogen-bond donors (Lipinski definition) is 0. The van der Waals surface area contributed by atoms with Crippen LogP contribution >= 0.6 is 34.8 Å². The molecule has 4 rings (SSSR count). The van der Waals surface area contributed by atoms with Crippen LogP contribution < -0.4 is 11.2 Å². The Kier molecular flexibility index (Phi) is 6.47. The molecule has 9 heteroatoms. The molecule has 0 saturated heterocycles. The Labute approximate surface area is 199 Å². The molecule has 2 aromatic heterocycles. The van der Waals surface area contributed by atoms with Crippen molar-refractivity contribution < 1.29 is 0 Å². The summed E-state index contributed by atoms with van der Waals surface area (Å²) >= 11 is 18.2. The smallest absolute Gasteiger partial charge is 0.320 e. The second kappa shape index (κ2) is 9.14. The van der Waals surface area contributed by atoms with E-state index in [0.29, 0.717) is 57.3 Å². The van der Waals surface area contributed by atoms with Gasteiger partial charge in [-0.2, -0.15) is 0 Å². The lowest BCUT2D eigenvalue weighted by molar-refractivity contribution is 0.491. The van der Waals surface area contributed by atoms with Gasteiger partial charge in [0.15, 0.2) is 11.2 Å². The number of rotatable bonds is 6. The van der Waals surface area contributed by atoms with Gasteiger partial charge in [-0.25, -0.2) is 14.3 Å². The Hall–Kier alpha value is -2.54. The minimum atomic E-state index is -0.426. The van der Waals surface area contributed by atoms with Crippen LogP contribution in [-0.4, -0.2) is 18.7 Å². The van der Waals surface area contributed by atoms with Gasteiger partial charge in [-0.05, 0) is 54.3 Å². The number of imidazole rings is 1. The zero-order chi connectivity index (χ0) is 23.0. The summed E-state index contributed by atoms with van der Waals surface area (Å²) in [4.78, 5) is 31.2. The van der Waals surface area contributed by atoms with Crippen LogP contribution in [0.5, 0.6) is 0 Å². The predicted molar refractivity (Wildman–Crippen MR) is 130 cm³/mol. The molecule has 0 aliphatic rings. The summed E-state index contributed by atoms with van der Waals surface area (Å²) < 4.78 is 4.47. The molecule has 0 N–H and O–H groups in total. The van der Waals surface area contributed by atoms with E-state index in [1.807, 2.05) is 6.07 Å². The lowest BCUT2D eigenvalue weighted by atomic mass is 10.1. The molecule has 32 heavy (non-hydrogen) atoms. The van der Waals surface area contributed by atoms with Crippen molar-refractivity contribution in [1.29, 1.82) is 0 Å². The van der Waals surface area contributed by atoms with Crippen LogP contribution in [0.15, 0.2) is 58.4 Å². The molecular formula is C23H21Cl3N4O2. The Morgan fingerprint density at radius 3 is 2.34 bits per heavy atom. The van der Waals surface area contributed by atoms with Crippen molar-refractivity contribution >= 4 is 46.0 Å². The van der Waals surface area contributed by atoms with E-state index in [-0.39, 0.29) is 5.56 Å². The van der Waals surface area contributed by atoms with Crippen molar-refractivity contribution in [3.8, 4) is 5.69 Å². The molecule has 0 fully saturated rings.